The van der Waals surface area contributed by atoms with E-state index in [0.717, 1.165) is 31.1 Å². The molecular weight excluding hydrogens is 230 g/mol. The molecule has 18 heavy (non-hydrogen) atoms. The molecule has 1 atom stereocenters. The van der Waals surface area contributed by atoms with E-state index >= 15 is 0 Å². The van der Waals surface area contributed by atoms with Gasteiger partial charge < -0.3 is 9.84 Å². The van der Waals surface area contributed by atoms with Crippen LogP contribution in [0, 0.1) is 5.92 Å². The summed E-state index contributed by atoms with van der Waals surface area (Å²) < 4.78 is 5.31. The molecule has 1 saturated heterocycles. The zero-order chi connectivity index (χ0) is 13.0. The molecule has 1 N–H and O–H groups in total. The summed E-state index contributed by atoms with van der Waals surface area (Å²) in [5, 5.41) is 8.65. The molecule has 0 amide bonds. The van der Waals surface area contributed by atoms with Gasteiger partial charge in [-0.2, -0.15) is 0 Å². The monoisotopic (exact) mass is 249 g/mol. The van der Waals surface area contributed by atoms with Gasteiger partial charge in [0.2, 0.25) is 0 Å². The number of hydrogen-bond donors (Lipinski definition) is 1. The Labute approximate surface area is 107 Å². The van der Waals surface area contributed by atoms with Crippen LogP contribution in [0.5, 0.6) is 5.75 Å². The summed E-state index contributed by atoms with van der Waals surface area (Å²) >= 11 is 0. The molecule has 0 spiro atoms. The minimum Gasteiger partial charge on any atom is -0.482 e. The number of para-hydroxylation sites is 1. The lowest BCUT2D eigenvalue weighted by Gasteiger charge is -2.17. The lowest BCUT2D eigenvalue weighted by molar-refractivity contribution is -0.139. The largest absolute Gasteiger partial charge is 0.482 e. The van der Waals surface area contributed by atoms with Crippen LogP contribution < -0.4 is 4.74 Å². The van der Waals surface area contributed by atoms with Crippen molar-refractivity contribution in [1.82, 2.24) is 4.90 Å². The quantitative estimate of drug-likeness (QED) is 0.867. The van der Waals surface area contributed by atoms with E-state index in [2.05, 4.69) is 11.8 Å². The molecule has 4 nitrogen and oxygen atoms in total. The fraction of sp³-hybridized carbons (Fsp3) is 0.500. The first-order valence-corrected chi connectivity index (χ1v) is 6.30. The van der Waals surface area contributed by atoms with Gasteiger partial charge in [-0.3, -0.25) is 4.90 Å². The standard InChI is InChI=1S/C14H19NO3/c1-11-6-7-15(8-11)9-12-4-2-3-5-13(12)18-10-14(16)17/h2-5,11H,6-10H2,1H3,(H,16,17). The van der Waals surface area contributed by atoms with E-state index in [1.165, 1.54) is 6.42 Å². The molecule has 1 aromatic carbocycles. The summed E-state index contributed by atoms with van der Waals surface area (Å²) in [5.41, 5.74) is 1.06. The van der Waals surface area contributed by atoms with Gasteiger partial charge in [0.15, 0.2) is 6.61 Å². The summed E-state index contributed by atoms with van der Waals surface area (Å²) in [5.74, 6) is 0.483. The maximum absolute atomic E-state index is 10.5. The van der Waals surface area contributed by atoms with Crippen molar-refractivity contribution < 1.29 is 14.6 Å². The highest BCUT2D eigenvalue weighted by Gasteiger charge is 2.19. The van der Waals surface area contributed by atoms with Crippen LogP contribution in [0.1, 0.15) is 18.9 Å². The highest BCUT2D eigenvalue weighted by Crippen LogP contribution is 2.23. The average molecular weight is 249 g/mol. The molecule has 98 valence electrons. The number of nitrogens with zero attached hydrogens (tertiary/aromatic N) is 1. The third-order valence-electron chi connectivity index (χ3n) is 3.23. The maximum atomic E-state index is 10.5. The Kier molecular flexibility index (Phi) is 4.20. The Morgan fingerprint density at radius 2 is 2.28 bits per heavy atom. The molecule has 1 unspecified atom stereocenters. The van der Waals surface area contributed by atoms with Crippen LogP contribution in [0.3, 0.4) is 0 Å². The van der Waals surface area contributed by atoms with Crippen LogP contribution in [0.15, 0.2) is 24.3 Å². The van der Waals surface area contributed by atoms with E-state index in [0.29, 0.717) is 5.75 Å². The molecule has 1 aliphatic heterocycles. The van der Waals surface area contributed by atoms with E-state index in [-0.39, 0.29) is 6.61 Å². The Morgan fingerprint density at radius 3 is 2.94 bits per heavy atom. The lowest BCUT2D eigenvalue weighted by atomic mass is 10.1. The molecule has 1 fully saturated rings. The lowest BCUT2D eigenvalue weighted by Crippen LogP contribution is -2.20. The Hall–Kier alpha value is -1.55. The fourth-order valence-corrected chi connectivity index (χ4v) is 2.33. The number of carboxylic acid groups (broad SMARTS) is 1. The van der Waals surface area contributed by atoms with Crippen molar-refractivity contribution in [3.63, 3.8) is 0 Å². The highest BCUT2D eigenvalue weighted by atomic mass is 16.5. The van der Waals surface area contributed by atoms with E-state index < -0.39 is 5.97 Å². The molecule has 1 aliphatic rings. The van der Waals surface area contributed by atoms with Crippen molar-refractivity contribution in [2.75, 3.05) is 19.7 Å². The molecule has 0 aliphatic carbocycles. The topological polar surface area (TPSA) is 49.8 Å². The van der Waals surface area contributed by atoms with Gasteiger partial charge in [-0.05, 0) is 24.9 Å². The van der Waals surface area contributed by atoms with Crippen LogP contribution in [-0.2, 0) is 11.3 Å². The Bertz CT molecular complexity index is 419. The number of carbonyl (C=O) groups is 1. The normalized spacial score (nSPS) is 19.9. The van der Waals surface area contributed by atoms with Crippen LogP contribution >= 0.6 is 0 Å². The second-order valence-electron chi connectivity index (χ2n) is 4.92. The highest BCUT2D eigenvalue weighted by molar-refractivity contribution is 5.68. The second-order valence-corrected chi connectivity index (χ2v) is 4.92. The Balaban J connectivity index is 2.00. The van der Waals surface area contributed by atoms with Crippen LogP contribution in [0.4, 0.5) is 0 Å². The predicted octanol–water partition coefficient (Wildman–Crippen LogP) is 1.99. The molecule has 0 radical (unpaired) electrons. The van der Waals surface area contributed by atoms with Gasteiger partial charge in [0.25, 0.3) is 0 Å². The zero-order valence-electron chi connectivity index (χ0n) is 10.6. The van der Waals surface area contributed by atoms with Crippen LogP contribution in [0.2, 0.25) is 0 Å². The first kappa shape index (κ1) is 12.9. The van der Waals surface area contributed by atoms with Crippen molar-refractivity contribution in [2.24, 2.45) is 5.92 Å². The number of aliphatic carboxylic acids is 1. The van der Waals surface area contributed by atoms with E-state index in [1.54, 1.807) is 0 Å². The summed E-state index contributed by atoms with van der Waals surface area (Å²) in [6.07, 6.45) is 1.23. The van der Waals surface area contributed by atoms with Gasteiger partial charge in [0.1, 0.15) is 5.75 Å². The summed E-state index contributed by atoms with van der Waals surface area (Å²) in [7, 11) is 0. The molecule has 0 bridgehead atoms. The summed E-state index contributed by atoms with van der Waals surface area (Å²) in [6, 6.07) is 7.66. The second kappa shape index (κ2) is 5.87. The minimum atomic E-state index is -0.945. The third-order valence-corrected chi connectivity index (χ3v) is 3.23. The van der Waals surface area contributed by atoms with Crippen molar-refractivity contribution in [1.29, 1.82) is 0 Å². The van der Waals surface area contributed by atoms with Gasteiger partial charge in [0, 0.05) is 18.7 Å². The van der Waals surface area contributed by atoms with Crippen LogP contribution in [-0.4, -0.2) is 35.7 Å². The predicted molar refractivity (Wildman–Crippen MR) is 68.6 cm³/mol. The number of hydrogen-bond acceptors (Lipinski definition) is 3. The number of rotatable bonds is 5. The van der Waals surface area contributed by atoms with Gasteiger partial charge in [-0.25, -0.2) is 4.79 Å². The molecule has 2 rings (SSSR count). The van der Waals surface area contributed by atoms with Gasteiger partial charge in [0.05, 0.1) is 0 Å². The number of likely N-dealkylation sites (tertiary alicyclic amines) is 1. The third kappa shape index (κ3) is 3.47. The smallest absolute Gasteiger partial charge is 0.341 e. The molecular formula is C14H19NO3. The maximum Gasteiger partial charge on any atom is 0.341 e. The van der Waals surface area contributed by atoms with E-state index in [1.807, 2.05) is 24.3 Å². The van der Waals surface area contributed by atoms with Crippen molar-refractivity contribution >= 4 is 5.97 Å². The van der Waals surface area contributed by atoms with Gasteiger partial charge >= 0.3 is 5.97 Å². The molecule has 0 saturated carbocycles. The summed E-state index contributed by atoms with van der Waals surface area (Å²) in [4.78, 5) is 12.9. The first-order valence-electron chi connectivity index (χ1n) is 6.30. The van der Waals surface area contributed by atoms with Crippen molar-refractivity contribution in [3.05, 3.63) is 29.8 Å². The fourth-order valence-electron chi connectivity index (χ4n) is 2.33. The summed E-state index contributed by atoms with van der Waals surface area (Å²) in [6.45, 7) is 5.02. The molecule has 0 aromatic heterocycles. The SMILES string of the molecule is CC1CCN(Cc2ccccc2OCC(=O)O)C1. The van der Waals surface area contributed by atoms with Gasteiger partial charge in [-0.15, -0.1) is 0 Å². The first-order chi connectivity index (χ1) is 8.65. The average Bonchev–Trinajstić information content (AvgIpc) is 2.73. The minimum absolute atomic E-state index is 0.284. The van der Waals surface area contributed by atoms with Crippen LogP contribution in [0.25, 0.3) is 0 Å². The van der Waals surface area contributed by atoms with Crippen molar-refractivity contribution in [3.8, 4) is 5.75 Å². The molecule has 1 heterocycles. The van der Waals surface area contributed by atoms with E-state index in [9.17, 15) is 4.79 Å². The number of carboxylic acids is 1. The Morgan fingerprint density at radius 1 is 1.50 bits per heavy atom. The van der Waals surface area contributed by atoms with E-state index in [4.69, 9.17) is 9.84 Å². The van der Waals surface area contributed by atoms with Gasteiger partial charge in [-0.1, -0.05) is 25.1 Å². The zero-order valence-corrected chi connectivity index (χ0v) is 10.6. The number of benzene rings is 1. The van der Waals surface area contributed by atoms with Crippen molar-refractivity contribution in [2.45, 2.75) is 19.9 Å². The number of ether oxygens (including phenoxy) is 1. The molecule has 1 aromatic rings. The molecule has 4 heteroatoms.